The van der Waals surface area contributed by atoms with Gasteiger partial charge in [-0.2, -0.15) is 0 Å². The van der Waals surface area contributed by atoms with Gasteiger partial charge >= 0.3 is 0 Å². The highest BCUT2D eigenvalue weighted by molar-refractivity contribution is 6.18. The predicted octanol–water partition coefficient (Wildman–Crippen LogP) is 1.58. The van der Waals surface area contributed by atoms with Crippen LogP contribution >= 0.6 is 0 Å². The molecule has 0 saturated heterocycles. The summed E-state index contributed by atoms with van der Waals surface area (Å²) in [4.78, 5) is 10.9. The van der Waals surface area contributed by atoms with Gasteiger partial charge in [0, 0.05) is 5.57 Å². The lowest BCUT2D eigenvalue weighted by Gasteiger charge is -2.00. The largest absolute Gasteiger partial charge is 0.366 e. The number of benzene rings is 1. The highest BCUT2D eigenvalue weighted by Gasteiger charge is 2.04. The van der Waals surface area contributed by atoms with Crippen LogP contribution < -0.4 is 5.73 Å². The maximum atomic E-state index is 10.9. The molecule has 0 unspecified atom stereocenters. The van der Waals surface area contributed by atoms with E-state index in [9.17, 15) is 4.79 Å². The van der Waals surface area contributed by atoms with E-state index in [4.69, 9.17) is 5.73 Å². The van der Waals surface area contributed by atoms with Crippen LogP contribution in [-0.2, 0) is 4.79 Å². The van der Waals surface area contributed by atoms with Crippen LogP contribution in [0.2, 0.25) is 0 Å². The van der Waals surface area contributed by atoms with E-state index in [-0.39, 0.29) is 5.91 Å². The molecule has 0 aliphatic carbocycles. The first-order valence-electron chi connectivity index (χ1n) is 3.77. The van der Waals surface area contributed by atoms with E-state index in [1.807, 2.05) is 30.3 Å². The molecule has 2 nitrogen and oxygen atoms in total. The molecule has 0 aliphatic rings. The van der Waals surface area contributed by atoms with Crippen molar-refractivity contribution < 1.29 is 4.79 Å². The second-order valence-electron chi connectivity index (χ2n) is 2.43. The van der Waals surface area contributed by atoms with Gasteiger partial charge in [-0.25, -0.2) is 0 Å². The van der Waals surface area contributed by atoms with Crippen LogP contribution in [0.4, 0.5) is 0 Å². The Morgan fingerprint density at radius 1 is 1.33 bits per heavy atom. The van der Waals surface area contributed by atoms with E-state index < -0.39 is 0 Å². The summed E-state index contributed by atoms with van der Waals surface area (Å²) in [5.41, 5.74) is 6.61. The Bertz CT molecular complexity index is 301. The Morgan fingerprint density at radius 3 is 2.33 bits per heavy atom. The average molecular weight is 161 g/mol. The fourth-order valence-corrected chi connectivity index (χ4v) is 1.07. The summed E-state index contributed by atoms with van der Waals surface area (Å²) >= 11 is 0. The number of allylic oxidation sites excluding steroid dienone is 1. The Kier molecular flexibility index (Phi) is 2.64. The molecule has 2 N–H and O–H groups in total. The van der Waals surface area contributed by atoms with E-state index in [1.54, 1.807) is 13.0 Å². The Hall–Kier alpha value is -1.57. The molecule has 0 aliphatic heterocycles. The molecule has 1 aromatic carbocycles. The van der Waals surface area contributed by atoms with Gasteiger partial charge in [-0.3, -0.25) is 4.79 Å². The minimum absolute atomic E-state index is 0.385. The summed E-state index contributed by atoms with van der Waals surface area (Å²) in [5.74, 6) is -0.385. The molecule has 12 heavy (non-hydrogen) atoms. The number of hydrogen-bond acceptors (Lipinski definition) is 1. The van der Waals surface area contributed by atoms with Crippen molar-refractivity contribution in [3.63, 3.8) is 0 Å². The summed E-state index contributed by atoms with van der Waals surface area (Å²) < 4.78 is 0. The summed E-state index contributed by atoms with van der Waals surface area (Å²) in [6, 6.07) is 9.38. The summed E-state index contributed by atoms with van der Waals surface area (Å²) in [6.07, 6.45) is 1.72. The fourth-order valence-electron chi connectivity index (χ4n) is 1.07. The number of hydrogen-bond donors (Lipinski definition) is 1. The third-order valence-corrected chi connectivity index (χ3v) is 1.64. The molecule has 2 heteroatoms. The van der Waals surface area contributed by atoms with Gasteiger partial charge in [0.05, 0.1) is 0 Å². The molecular weight excluding hydrogens is 150 g/mol. The van der Waals surface area contributed by atoms with Crippen molar-refractivity contribution in [2.75, 3.05) is 0 Å². The number of rotatable bonds is 2. The van der Waals surface area contributed by atoms with Gasteiger partial charge in [0.1, 0.15) is 0 Å². The zero-order valence-electron chi connectivity index (χ0n) is 6.95. The van der Waals surface area contributed by atoms with Gasteiger partial charge in [-0.1, -0.05) is 36.4 Å². The summed E-state index contributed by atoms with van der Waals surface area (Å²) in [5, 5.41) is 0. The summed E-state index contributed by atoms with van der Waals surface area (Å²) in [7, 11) is 0. The molecule has 0 atom stereocenters. The zero-order chi connectivity index (χ0) is 8.97. The second kappa shape index (κ2) is 3.72. The van der Waals surface area contributed by atoms with E-state index >= 15 is 0 Å². The van der Waals surface area contributed by atoms with E-state index in [0.717, 1.165) is 5.56 Å². The molecular formula is C10H11NO. The molecule has 1 rings (SSSR count). The monoisotopic (exact) mass is 161 g/mol. The molecule has 0 radical (unpaired) electrons. The van der Waals surface area contributed by atoms with E-state index in [2.05, 4.69) is 0 Å². The maximum absolute atomic E-state index is 10.9. The Morgan fingerprint density at radius 2 is 1.92 bits per heavy atom. The highest BCUT2D eigenvalue weighted by atomic mass is 16.1. The summed E-state index contributed by atoms with van der Waals surface area (Å²) in [6.45, 7) is 1.80. The van der Waals surface area contributed by atoms with Crippen LogP contribution in [0.3, 0.4) is 0 Å². The van der Waals surface area contributed by atoms with Gasteiger partial charge in [-0.15, -0.1) is 0 Å². The first-order valence-corrected chi connectivity index (χ1v) is 3.77. The van der Waals surface area contributed by atoms with Crippen molar-refractivity contribution in [2.24, 2.45) is 5.73 Å². The molecule has 0 spiro atoms. The lowest BCUT2D eigenvalue weighted by molar-refractivity contribution is -0.112. The number of nitrogens with two attached hydrogens (primary N) is 1. The maximum Gasteiger partial charge on any atom is 0.248 e. The van der Waals surface area contributed by atoms with Crippen molar-refractivity contribution in [3.05, 3.63) is 42.0 Å². The first kappa shape index (κ1) is 8.53. The second-order valence-corrected chi connectivity index (χ2v) is 2.43. The van der Waals surface area contributed by atoms with Crippen molar-refractivity contribution in [1.82, 2.24) is 0 Å². The van der Waals surface area contributed by atoms with Gasteiger partial charge in [-0.05, 0) is 12.5 Å². The molecule has 0 bridgehead atoms. The van der Waals surface area contributed by atoms with Gasteiger partial charge in [0.15, 0.2) is 0 Å². The molecule has 1 aromatic rings. The molecule has 1 amide bonds. The lowest BCUT2D eigenvalue weighted by atomic mass is 10.1. The van der Waals surface area contributed by atoms with Crippen LogP contribution in [0.25, 0.3) is 5.57 Å². The van der Waals surface area contributed by atoms with Crippen molar-refractivity contribution in [3.8, 4) is 0 Å². The Balaban J connectivity index is 3.05. The van der Waals surface area contributed by atoms with Crippen LogP contribution in [0.15, 0.2) is 36.4 Å². The minimum Gasteiger partial charge on any atom is -0.366 e. The highest BCUT2D eigenvalue weighted by Crippen LogP contribution is 2.12. The predicted molar refractivity (Wildman–Crippen MR) is 49.3 cm³/mol. The van der Waals surface area contributed by atoms with Crippen molar-refractivity contribution >= 4 is 11.5 Å². The SMILES string of the molecule is C/C=C(/C(N)=O)c1ccccc1. The number of amides is 1. The third kappa shape index (κ3) is 1.72. The van der Waals surface area contributed by atoms with E-state index in [0.29, 0.717) is 5.57 Å². The standard InChI is InChI=1S/C10H11NO/c1-2-9(10(11)12)8-6-4-3-5-7-8/h2-7H,1H3,(H2,11,12)/b9-2+. The smallest absolute Gasteiger partial charge is 0.248 e. The normalized spacial score (nSPS) is 11.2. The van der Waals surface area contributed by atoms with Crippen LogP contribution in [0.1, 0.15) is 12.5 Å². The van der Waals surface area contributed by atoms with Crippen LogP contribution in [0, 0.1) is 0 Å². The minimum atomic E-state index is -0.385. The number of primary amides is 1. The topological polar surface area (TPSA) is 43.1 Å². The van der Waals surface area contributed by atoms with E-state index in [1.165, 1.54) is 0 Å². The average Bonchev–Trinajstić information content (AvgIpc) is 2.07. The molecule has 0 saturated carbocycles. The lowest BCUT2D eigenvalue weighted by Crippen LogP contribution is -2.12. The Labute approximate surface area is 71.7 Å². The number of carbonyl (C=O) groups excluding carboxylic acids is 1. The quantitative estimate of drug-likeness (QED) is 0.657. The number of carbonyl (C=O) groups is 1. The van der Waals surface area contributed by atoms with Gasteiger partial charge < -0.3 is 5.73 Å². The first-order chi connectivity index (χ1) is 5.75. The van der Waals surface area contributed by atoms with Crippen LogP contribution in [0.5, 0.6) is 0 Å². The van der Waals surface area contributed by atoms with Gasteiger partial charge in [0.2, 0.25) is 5.91 Å². The zero-order valence-corrected chi connectivity index (χ0v) is 6.95. The van der Waals surface area contributed by atoms with Crippen molar-refractivity contribution in [2.45, 2.75) is 6.92 Å². The van der Waals surface area contributed by atoms with Gasteiger partial charge in [0.25, 0.3) is 0 Å². The molecule has 0 heterocycles. The molecule has 0 fully saturated rings. The fraction of sp³-hybridized carbons (Fsp3) is 0.100. The molecule has 0 aromatic heterocycles. The van der Waals surface area contributed by atoms with Crippen molar-refractivity contribution in [1.29, 1.82) is 0 Å². The van der Waals surface area contributed by atoms with Crippen LogP contribution in [-0.4, -0.2) is 5.91 Å². The molecule has 62 valence electrons. The third-order valence-electron chi connectivity index (χ3n) is 1.64.